The SMILES string of the molecule is CCc1cc2c(cc3c(=O)n(CCCC(=O)N[C@H]4CCCc5ccccc54)nc(CC)n32)s1. The molecule has 0 radical (unpaired) electrons. The van der Waals surface area contributed by atoms with Crippen molar-refractivity contribution in [1.82, 2.24) is 19.5 Å². The average Bonchev–Trinajstić information content (AvgIpc) is 3.39. The van der Waals surface area contributed by atoms with E-state index in [4.69, 9.17) is 0 Å². The number of carbonyl (C=O) groups excluding carboxylic acids is 1. The van der Waals surface area contributed by atoms with Crippen molar-refractivity contribution in [3.05, 3.63) is 68.6 Å². The number of fused-ring (bicyclic) bond motifs is 4. The van der Waals surface area contributed by atoms with Gasteiger partial charge in [-0.15, -0.1) is 11.3 Å². The van der Waals surface area contributed by atoms with E-state index in [0.717, 1.165) is 48.1 Å². The second kappa shape index (κ2) is 9.14. The van der Waals surface area contributed by atoms with E-state index in [9.17, 15) is 9.59 Å². The number of benzene rings is 1. The summed E-state index contributed by atoms with van der Waals surface area (Å²) in [5.74, 6) is 0.917. The van der Waals surface area contributed by atoms with Crippen molar-refractivity contribution in [3.63, 3.8) is 0 Å². The molecule has 0 unspecified atom stereocenters. The Labute approximate surface area is 197 Å². The molecule has 1 atom stereocenters. The van der Waals surface area contributed by atoms with E-state index in [1.807, 2.05) is 16.5 Å². The molecule has 1 aromatic carbocycles. The third-order valence-corrected chi connectivity index (χ3v) is 7.85. The van der Waals surface area contributed by atoms with Gasteiger partial charge in [-0.3, -0.25) is 14.0 Å². The van der Waals surface area contributed by atoms with Crippen LogP contribution in [0.15, 0.2) is 41.2 Å². The van der Waals surface area contributed by atoms with Gasteiger partial charge in [-0.1, -0.05) is 38.1 Å². The molecule has 1 N–H and O–H groups in total. The van der Waals surface area contributed by atoms with Gasteiger partial charge in [-0.25, -0.2) is 4.68 Å². The number of aromatic nitrogens is 3. The lowest BCUT2D eigenvalue weighted by molar-refractivity contribution is -0.122. The fourth-order valence-corrected chi connectivity index (χ4v) is 5.98. The van der Waals surface area contributed by atoms with Crippen molar-refractivity contribution in [2.75, 3.05) is 0 Å². The van der Waals surface area contributed by atoms with Crippen LogP contribution in [-0.4, -0.2) is 20.1 Å². The molecule has 172 valence electrons. The minimum atomic E-state index is -0.0877. The standard InChI is InChI=1S/C26H30N4O2S/c1-3-18-15-21-23(33-18)16-22-26(32)29(28-24(4-2)30(21)22)14-8-13-25(31)27-20-12-7-10-17-9-5-6-11-19(17)20/h5-6,9,11,15-16,20H,3-4,7-8,10,12-14H2,1-2H3,(H,27,31)/t20-/m0/s1. The molecule has 0 saturated heterocycles. The zero-order valence-corrected chi connectivity index (χ0v) is 20.1. The van der Waals surface area contributed by atoms with E-state index in [1.165, 1.54) is 16.0 Å². The molecule has 1 aliphatic carbocycles. The molecule has 0 bridgehead atoms. The molecule has 1 amide bonds. The summed E-state index contributed by atoms with van der Waals surface area (Å²) in [6, 6.07) is 12.6. The Morgan fingerprint density at radius 2 is 2.03 bits per heavy atom. The van der Waals surface area contributed by atoms with Crippen LogP contribution in [0.2, 0.25) is 0 Å². The normalized spacial score (nSPS) is 15.8. The summed E-state index contributed by atoms with van der Waals surface area (Å²) >= 11 is 1.74. The Morgan fingerprint density at radius 1 is 1.18 bits per heavy atom. The molecule has 7 heteroatoms. The van der Waals surface area contributed by atoms with Crippen LogP contribution >= 0.6 is 11.3 Å². The average molecular weight is 463 g/mol. The Morgan fingerprint density at radius 3 is 2.85 bits per heavy atom. The topological polar surface area (TPSA) is 68.4 Å². The van der Waals surface area contributed by atoms with Crippen molar-refractivity contribution >= 4 is 33.0 Å². The van der Waals surface area contributed by atoms with Crippen LogP contribution in [0, 0.1) is 0 Å². The molecular weight excluding hydrogens is 432 g/mol. The van der Waals surface area contributed by atoms with Gasteiger partial charge < -0.3 is 5.32 Å². The Balaban J connectivity index is 1.29. The summed E-state index contributed by atoms with van der Waals surface area (Å²) < 4.78 is 4.68. The van der Waals surface area contributed by atoms with Gasteiger partial charge in [0.25, 0.3) is 5.56 Å². The molecule has 4 aromatic rings. The fourth-order valence-electron chi connectivity index (χ4n) is 4.95. The summed E-state index contributed by atoms with van der Waals surface area (Å²) in [6.07, 6.45) is 5.84. The van der Waals surface area contributed by atoms with Gasteiger partial charge >= 0.3 is 0 Å². The van der Waals surface area contributed by atoms with E-state index in [0.29, 0.717) is 24.9 Å². The molecule has 6 nitrogen and oxygen atoms in total. The number of nitrogens with one attached hydrogen (secondary N) is 1. The van der Waals surface area contributed by atoms with Crippen LogP contribution in [0.25, 0.3) is 15.7 Å². The highest BCUT2D eigenvalue weighted by Gasteiger charge is 2.21. The van der Waals surface area contributed by atoms with Crippen molar-refractivity contribution in [1.29, 1.82) is 0 Å². The summed E-state index contributed by atoms with van der Waals surface area (Å²) in [4.78, 5) is 27.1. The fraction of sp³-hybridized carbons (Fsp3) is 0.423. The zero-order chi connectivity index (χ0) is 22.9. The number of carbonyl (C=O) groups is 1. The summed E-state index contributed by atoms with van der Waals surface area (Å²) in [5, 5.41) is 7.86. The van der Waals surface area contributed by atoms with Gasteiger partial charge in [0.15, 0.2) is 0 Å². The largest absolute Gasteiger partial charge is 0.349 e. The predicted molar refractivity (Wildman–Crippen MR) is 133 cm³/mol. The molecule has 0 fully saturated rings. The number of rotatable bonds is 7. The minimum Gasteiger partial charge on any atom is -0.349 e. The number of nitrogens with zero attached hydrogens (tertiary/aromatic N) is 3. The maximum atomic E-state index is 13.1. The molecule has 0 saturated carbocycles. The summed E-state index contributed by atoms with van der Waals surface area (Å²) in [7, 11) is 0. The maximum Gasteiger partial charge on any atom is 0.291 e. The quantitative estimate of drug-likeness (QED) is 0.429. The predicted octanol–water partition coefficient (Wildman–Crippen LogP) is 4.81. The monoisotopic (exact) mass is 462 g/mol. The van der Waals surface area contributed by atoms with Crippen LogP contribution < -0.4 is 10.9 Å². The van der Waals surface area contributed by atoms with Crippen LogP contribution in [0.4, 0.5) is 0 Å². The molecule has 0 aliphatic heterocycles. The van der Waals surface area contributed by atoms with Gasteiger partial charge in [-0.2, -0.15) is 5.10 Å². The van der Waals surface area contributed by atoms with Crippen LogP contribution in [0.3, 0.4) is 0 Å². The number of hydrogen-bond acceptors (Lipinski definition) is 4. The molecule has 3 heterocycles. The minimum absolute atomic E-state index is 0.0387. The van der Waals surface area contributed by atoms with E-state index >= 15 is 0 Å². The first-order valence-electron chi connectivity index (χ1n) is 12.0. The number of aryl methyl sites for hydroxylation is 4. The van der Waals surface area contributed by atoms with Crippen molar-refractivity contribution in [3.8, 4) is 0 Å². The van der Waals surface area contributed by atoms with Crippen LogP contribution in [-0.2, 0) is 30.6 Å². The molecule has 5 rings (SSSR count). The third-order valence-electron chi connectivity index (χ3n) is 6.63. The lowest BCUT2D eigenvalue weighted by atomic mass is 9.87. The molecule has 3 aromatic heterocycles. The maximum absolute atomic E-state index is 13.1. The first-order chi connectivity index (χ1) is 16.1. The molecule has 0 spiro atoms. The highest BCUT2D eigenvalue weighted by atomic mass is 32.1. The van der Waals surface area contributed by atoms with Crippen molar-refractivity contribution in [2.24, 2.45) is 0 Å². The lowest BCUT2D eigenvalue weighted by Gasteiger charge is -2.26. The van der Waals surface area contributed by atoms with E-state index in [1.54, 1.807) is 16.0 Å². The first-order valence-corrected chi connectivity index (χ1v) is 12.8. The third kappa shape index (κ3) is 4.10. The van der Waals surface area contributed by atoms with Crippen molar-refractivity contribution < 1.29 is 4.79 Å². The Bertz CT molecular complexity index is 1380. The highest BCUT2D eigenvalue weighted by Crippen LogP contribution is 2.30. The van der Waals surface area contributed by atoms with E-state index in [-0.39, 0.29) is 17.5 Å². The van der Waals surface area contributed by atoms with Gasteiger partial charge in [0.2, 0.25) is 5.91 Å². The highest BCUT2D eigenvalue weighted by molar-refractivity contribution is 7.19. The van der Waals surface area contributed by atoms with Crippen LogP contribution in [0.1, 0.15) is 67.4 Å². The van der Waals surface area contributed by atoms with Crippen molar-refractivity contribution in [2.45, 2.75) is 71.4 Å². The summed E-state index contributed by atoms with van der Waals surface area (Å²) in [5.41, 5.74) is 4.24. The number of hydrogen-bond donors (Lipinski definition) is 1. The van der Waals surface area contributed by atoms with Crippen LogP contribution in [0.5, 0.6) is 0 Å². The van der Waals surface area contributed by atoms with Gasteiger partial charge in [0, 0.05) is 24.3 Å². The Hall–Kier alpha value is -2.93. The Kier molecular flexibility index (Phi) is 6.06. The number of amides is 1. The number of thiophene rings is 1. The second-order valence-electron chi connectivity index (χ2n) is 8.79. The first kappa shape index (κ1) is 21.9. The van der Waals surface area contributed by atoms with Gasteiger partial charge in [-0.05, 0) is 55.4 Å². The van der Waals surface area contributed by atoms with Gasteiger partial charge in [0.1, 0.15) is 11.3 Å². The molecule has 1 aliphatic rings. The van der Waals surface area contributed by atoms with E-state index in [2.05, 4.69) is 48.5 Å². The molecular formula is C26H30N4O2S. The molecule has 33 heavy (non-hydrogen) atoms. The lowest BCUT2D eigenvalue weighted by Crippen LogP contribution is -2.31. The zero-order valence-electron chi connectivity index (χ0n) is 19.3. The van der Waals surface area contributed by atoms with Gasteiger partial charge in [0.05, 0.1) is 16.3 Å². The smallest absolute Gasteiger partial charge is 0.291 e. The van der Waals surface area contributed by atoms with E-state index < -0.39 is 0 Å². The summed E-state index contributed by atoms with van der Waals surface area (Å²) in [6.45, 7) is 4.65. The second-order valence-corrected chi connectivity index (χ2v) is 9.96.